The van der Waals surface area contributed by atoms with Crippen LogP contribution in [0.1, 0.15) is 47.5 Å². The molecule has 0 aromatic heterocycles. The Bertz CT molecular complexity index is 949. The number of rotatable bonds is 8. The van der Waals surface area contributed by atoms with Gasteiger partial charge in [0.15, 0.2) is 5.25 Å². The lowest BCUT2D eigenvalue weighted by molar-refractivity contribution is -0.162. The number of benzene rings is 3. The molecule has 0 amide bonds. The van der Waals surface area contributed by atoms with Gasteiger partial charge >= 0.3 is 5.97 Å². The quantitative estimate of drug-likeness (QED) is 0.205. The Hall–Kier alpha value is -2.79. The summed E-state index contributed by atoms with van der Waals surface area (Å²) in [4.78, 5) is 22.0. The van der Waals surface area contributed by atoms with E-state index < -0.39 is 28.7 Å². The standard InChI is InChI=1S/C22H24B.C8H14O3S/c1-2-3-19-23(20-13-7-4-8-14-20,21-15-9-5-10-16-21)22-17-11-6-12-18-22;1-5(12)6(9)7(10)11-8(2,3)4/h4-18H,2-3,19H2,1H3;5,12H,1-4H3/q-1;/p+1. The Kier molecular flexibility index (Phi) is 10.8. The highest BCUT2D eigenvalue weighted by Gasteiger charge is 2.29. The van der Waals surface area contributed by atoms with E-state index in [2.05, 4.69) is 111 Å². The van der Waals surface area contributed by atoms with Crippen molar-refractivity contribution in [2.45, 2.75) is 64.6 Å². The van der Waals surface area contributed by atoms with Crippen molar-refractivity contribution in [3.63, 3.8) is 0 Å². The van der Waals surface area contributed by atoms with Gasteiger partial charge in [0.2, 0.25) is 0 Å². The van der Waals surface area contributed by atoms with Crippen molar-refractivity contribution in [2.75, 3.05) is 0 Å². The molecule has 3 aromatic rings. The van der Waals surface area contributed by atoms with Gasteiger partial charge in [-0.25, -0.2) is 4.79 Å². The molecule has 5 heteroatoms. The van der Waals surface area contributed by atoms with Crippen LogP contribution in [0, 0.1) is 0 Å². The third kappa shape index (κ3) is 8.14. The minimum Gasteiger partial charge on any atom is -0.454 e. The summed E-state index contributed by atoms with van der Waals surface area (Å²) in [7, 11) is 0. The van der Waals surface area contributed by atoms with Crippen molar-refractivity contribution < 1.29 is 14.3 Å². The van der Waals surface area contributed by atoms with Crippen molar-refractivity contribution in [1.29, 1.82) is 0 Å². The van der Waals surface area contributed by atoms with Gasteiger partial charge in [0, 0.05) is 0 Å². The highest BCUT2D eigenvalue weighted by Crippen LogP contribution is 2.16. The van der Waals surface area contributed by atoms with Crippen LogP contribution in [0.15, 0.2) is 91.0 Å². The Morgan fingerprint density at radius 3 is 1.46 bits per heavy atom. The van der Waals surface area contributed by atoms with E-state index in [9.17, 15) is 9.59 Å². The molecular weight excluding hydrogens is 451 g/mol. The summed E-state index contributed by atoms with van der Waals surface area (Å²) < 4.78 is 4.84. The van der Waals surface area contributed by atoms with Gasteiger partial charge < -0.3 is 4.74 Å². The molecule has 0 aliphatic heterocycles. The number of hydrogen-bond donors (Lipinski definition) is 0. The second-order valence-corrected chi connectivity index (χ2v) is 10.9. The number of unbranched alkanes of at least 4 members (excludes halogenated alkanes) is 1. The van der Waals surface area contributed by atoms with Crippen molar-refractivity contribution in [2.24, 2.45) is 0 Å². The van der Waals surface area contributed by atoms with Gasteiger partial charge in [-0.05, 0) is 40.3 Å². The lowest BCUT2D eigenvalue weighted by atomic mass is 9.14. The molecule has 0 aliphatic carbocycles. The fraction of sp³-hybridized carbons (Fsp3) is 0.333. The average Bonchev–Trinajstić information content (AvgIpc) is 2.85. The first kappa shape index (κ1) is 28.5. The SMILES string of the molecule is CC([SH2+])C(=O)C(=O)OC(C)(C)C.CCCC[B-](c1ccccc1)(c1ccccc1)c1ccccc1. The molecule has 1 atom stereocenters. The lowest BCUT2D eigenvalue weighted by Gasteiger charge is -2.43. The average molecular weight is 491 g/mol. The van der Waals surface area contributed by atoms with Gasteiger partial charge in [-0.15, -0.1) is 0 Å². The molecule has 0 saturated carbocycles. The smallest absolute Gasteiger partial charge is 0.380 e. The molecule has 3 aromatic carbocycles. The second-order valence-electron chi connectivity index (χ2n) is 10.0. The van der Waals surface area contributed by atoms with E-state index in [0.717, 1.165) is 0 Å². The molecule has 3 nitrogen and oxygen atoms in total. The Labute approximate surface area is 216 Å². The summed E-state index contributed by atoms with van der Waals surface area (Å²) >= 11 is 3.05. The molecule has 0 fully saturated rings. The van der Waals surface area contributed by atoms with Gasteiger partial charge in [0.1, 0.15) is 5.60 Å². The number of Topliss-reactive ketones (excluding diaryl/α,β-unsaturated/α-hetero) is 1. The van der Waals surface area contributed by atoms with Gasteiger partial charge in [-0.3, -0.25) is 4.79 Å². The van der Waals surface area contributed by atoms with Crippen LogP contribution in [-0.4, -0.2) is 28.7 Å². The maximum Gasteiger partial charge on any atom is 0.380 e. The molecule has 0 saturated heterocycles. The predicted molar refractivity (Wildman–Crippen MR) is 154 cm³/mol. The molecule has 186 valence electrons. The Morgan fingerprint density at radius 1 is 0.800 bits per heavy atom. The van der Waals surface area contributed by atoms with Crippen LogP contribution >= 0.6 is 0 Å². The number of esters is 1. The molecule has 0 bridgehead atoms. The van der Waals surface area contributed by atoms with E-state index >= 15 is 0 Å². The van der Waals surface area contributed by atoms with E-state index in [0.29, 0.717) is 0 Å². The summed E-state index contributed by atoms with van der Waals surface area (Å²) in [5, 5.41) is -0.486. The third-order valence-electron chi connectivity index (χ3n) is 6.09. The van der Waals surface area contributed by atoms with Crippen LogP contribution in [0.3, 0.4) is 0 Å². The summed E-state index contributed by atoms with van der Waals surface area (Å²) in [6, 6.07) is 33.2. The maximum absolute atomic E-state index is 11.0. The molecular formula is C30H39BO3S. The second kappa shape index (κ2) is 13.3. The largest absolute Gasteiger partial charge is 0.454 e. The number of carbonyl (C=O) groups excluding carboxylic acids is 2. The van der Waals surface area contributed by atoms with Crippen molar-refractivity contribution in [3.8, 4) is 0 Å². The van der Waals surface area contributed by atoms with Crippen LogP contribution in [0.4, 0.5) is 0 Å². The van der Waals surface area contributed by atoms with Crippen LogP contribution in [0.25, 0.3) is 0 Å². The Morgan fingerprint density at radius 2 is 1.17 bits per heavy atom. The molecule has 0 heterocycles. The zero-order valence-electron chi connectivity index (χ0n) is 21.7. The van der Waals surface area contributed by atoms with Gasteiger partial charge in [-0.2, -0.15) is 22.7 Å². The van der Waals surface area contributed by atoms with Crippen molar-refractivity contribution in [1.82, 2.24) is 0 Å². The van der Waals surface area contributed by atoms with Gasteiger partial charge in [-0.1, -0.05) is 111 Å². The van der Waals surface area contributed by atoms with Crippen LogP contribution < -0.4 is 16.4 Å². The lowest BCUT2D eigenvalue weighted by Crippen LogP contribution is -2.66. The first-order valence-electron chi connectivity index (χ1n) is 12.4. The van der Waals surface area contributed by atoms with Crippen molar-refractivity contribution in [3.05, 3.63) is 91.0 Å². The van der Waals surface area contributed by atoms with Gasteiger partial charge in [0.05, 0.1) is 6.15 Å². The molecule has 0 spiro atoms. The first-order chi connectivity index (χ1) is 16.6. The fourth-order valence-electron chi connectivity index (χ4n) is 4.44. The monoisotopic (exact) mass is 490 g/mol. The molecule has 35 heavy (non-hydrogen) atoms. The molecule has 0 radical (unpaired) electrons. The molecule has 0 N–H and O–H groups in total. The summed E-state index contributed by atoms with van der Waals surface area (Å²) in [5.41, 5.74) is 3.73. The Balaban J connectivity index is 0.000000307. The topological polar surface area (TPSA) is 43.4 Å². The number of carbonyl (C=O) groups is 2. The molecule has 1 unspecified atom stereocenters. The third-order valence-corrected chi connectivity index (χ3v) is 6.35. The minimum atomic E-state index is -0.913. The van der Waals surface area contributed by atoms with Crippen molar-refractivity contribution >= 4 is 46.9 Å². The number of ether oxygens (including phenoxy) is 1. The van der Waals surface area contributed by atoms with E-state index in [1.54, 1.807) is 27.7 Å². The van der Waals surface area contributed by atoms with Crippen LogP contribution in [0.5, 0.6) is 0 Å². The predicted octanol–water partition coefficient (Wildman–Crippen LogP) is 4.25. The zero-order valence-corrected chi connectivity index (χ0v) is 22.7. The van der Waals surface area contributed by atoms with Crippen LogP contribution in [0.2, 0.25) is 6.32 Å². The normalized spacial score (nSPS) is 12.2. The number of hydrogen-bond acceptors (Lipinski definition) is 3. The van der Waals surface area contributed by atoms with Gasteiger partial charge in [0.25, 0.3) is 5.78 Å². The van der Waals surface area contributed by atoms with E-state index in [-0.39, 0.29) is 0 Å². The number of ketones is 1. The minimum absolute atomic E-state index is 0.486. The zero-order chi connectivity index (χ0) is 25.9. The van der Waals surface area contributed by atoms with E-state index in [1.807, 2.05) is 0 Å². The van der Waals surface area contributed by atoms with Crippen LogP contribution in [-0.2, 0) is 27.0 Å². The van der Waals surface area contributed by atoms with E-state index in [4.69, 9.17) is 4.74 Å². The highest BCUT2D eigenvalue weighted by molar-refractivity contribution is 7.60. The fourth-order valence-corrected chi connectivity index (χ4v) is 4.56. The maximum atomic E-state index is 11.0. The first-order valence-corrected chi connectivity index (χ1v) is 13.0. The summed E-state index contributed by atoms with van der Waals surface area (Å²) in [6.07, 6.45) is 2.73. The highest BCUT2D eigenvalue weighted by atomic mass is 32.1. The molecule has 3 rings (SSSR count). The molecule has 0 aliphatic rings. The van der Waals surface area contributed by atoms with E-state index in [1.165, 1.54) is 35.6 Å². The summed E-state index contributed by atoms with van der Waals surface area (Å²) in [6.45, 7) is 9.02. The summed E-state index contributed by atoms with van der Waals surface area (Å²) in [5.74, 6) is -1.34.